The number of hydrogen-bond donors (Lipinski definition) is 2. The van der Waals surface area contributed by atoms with Crippen molar-refractivity contribution in [2.75, 3.05) is 33.2 Å². The number of rotatable bonds is 5. The maximum atomic E-state index is 3.54. The lowest BCUT2D eigenvalue weighted by Gasteiger charge is -2.34. The minimum absolute atomic E-state index is 0.464. The Labute approximate surface area is 122 Å². The van der Waals surface area contributed by atoms with Crippen LogP contribution in [0.2, 0.25) is 0 Å². The Morgan fingerprint density at radius 3 is 2.72 bits per heavy atom. The second-order valence-electron chi connectivity index (χ2n) is 4.85. The van der Waals surface area contributed by atoms with Crippen LogP contribution in [0.4, 0.5) is 0 Å². The second kappa shape index (κ2) is 7.01. The van der Waals surface area contributed by atoms with Crippen LogP contribution >= 0.6 is 27.3 Å². The first kappa shape index (κ1) is 14.5. The van der Waals surface area contributed by atoms with Gasteiger partial charge in [-0.3, -0.25) is 4.90 Å². The molecule has 1 fully saturated rings. The van der Waals surface area contributed by atoms with E-state index in [4.69, 9.17) is 0 Å². The number of halogens is 1. The van der Waals surface area contributed by atoms with Crippen LogP contribution in [0, 0.1) is 0 Å². The zero-order valence-electron chi connectivity index (χ0n) is 11.1. The fourth-order valence-electron chi connectivity index (χ4n) is 2.50. The molecule has 1 aliphatic heterocycles. The second-order valence-corrected chi connectivity index (χ2v) is 7.35. The van der Waals surface area contributed by atoms with Crippen LogP contribution in [0.25, 0.3) is 0 Å². The van der Waals surface area contributed by atoms with Crippen molar-refractivity contribution < 1.29 is 0 Å². The average Bonchev–Trinajstić information content (AvgIpc) is 2.83. The minimum Gasteiger partial charge on any atom is -0.314 e. The molecule has 5 heteroatoms. The molecule has 102 valence electrons. The number of piperazine rings is 1. The predicted octanol–water partition coefficient (Wildman–Crippen LogP) is 2.45. The molecule has 0 spiro atoms. The SMILES string of the molecule is CNC(CC(C)N1CCNCC1)c1ccc(Br)s1. The Bertz CT molecular complexity index is 363. The topological polar surface area (TPSA) is 27.3 Å². The summed E-state index contributed by atoms with van der Waals surface area (Å²) in [6.07, 6.45) is 1.17. The van der Waals surface area contributed by atoms with Gasteiger partial charge in [-0.2, -0.15) is 0 Å². The van der Waals surface area contributed by atoms with E-state index < -0.39 is 0 Å². The highest BCUT2D eigenvalue weighted by Gasteiger charge is 2.21. The van der Waals surface area contributed by atoms with Gasteiger partial charge in [0.15, 0.2) is 0 Å². The van der Waals surface area contributed by atoms with E-state index in [1.54, 1.807) is 0 Å². The molecule has 1 aromatic rings. The quantitative estimate of drug-likeness (QED) is 0.867. The first-order chi connectivity index (χ1) is 8.70. The lowest BCUT2D eigenvalue weighted by Crippen LogP contribution is -2.48. The van der Waals surface area contributed by atoms with Crippen molar-refractivity contribution >= 4 is 27.3 Å². The van der Waals surface area contributed by atoms with E-state index in [1.807, 2.05) is 11.3 Å². The van der Waals surface area contributed by atoms with Crippen molar-refractivity contribution in [3.8, 4) is 0 Å². The number of nitrogens with zero attached hydrogens (tertiary/aromatic N) is 1. The Morgan fingerprint density at radius 1 is 1.44 bits per heavy atom. The fraction of sp³-hybridized carbons (Fsp3) is 0.692. The molecular formula is C13H22BrN3S. The molecule has 1 aromatic heterocycles. The molecule has 18 heavy (non-hydrogen) atoms. The first-order valence-electron chi connectivity index (χ1n) is 6.58. The van der Waals surface area contributed by atoms with Crippen LogP contribution in [0.3, 0.4) is 0 Å². The van der Waals surface area contributed by atoms with Gasteiger partial charge >= 0.3 is 0 Å². The van der Waals surface area contributed by atoms with E-state index in [1.165, 1.54) is 28.2 Å². The zero-order valence-corrected chi connectivity index (χ0v) is 13.5. The van der Waals surface area contributed by atoms with Crippen molar-refractivity contribution in [1.29, 1.82) is 0 Å². The summed E-state index contributed by atoms with van der Waals surface area (Å²) in [6, 6.07) is 5.46. The number of thiophene rings is 1. The highest BCUT2D eigenvalue weighted by molar-refractivity contribution is 9.11. The molecule has 0 amide bonds. The van der Waals surface area contributed by atoms with Gasteiger partial charge in [-0.25, -0.2) is 0 Å². The van der Waals surface area contributed by atoms with Gasteiger partial charge in [0.25, 0.3) is 0 Å². The molecule has 1 saturated heterocycles. The molecule has 0 radical (unpaired) electrons. The third kappa shape index (κ3) is 3.78. The number of hydrogen-bond acceptors (Lipinski definition) is 4. The summed E-state index contributed by atoms with van der Waals surface area (Å²) in [7, 11) is 2.06. The Hall–Kier alpha value is 0.0600. The van der Waals surface area contributed by atoms with Gasteiger partial charge in [0.05, 0.1) is 3.79 Å². The largest absolute Gasteiger partial charge is 0.314 e. The normalized spacial score (nSPS) is 20.8. The fourth-order valence-corrected chi connectivity index (χ4v) is 4.05. The maximum Gasteiger partial charge on any atom is 0.0701 e. The Kier molecular flexibility index (Phi) is 5.63. The average molecular weight is 332 g/mol. The van der Waals surface area contributed by atoms with Crippen molar-refractivity contribution in [3.05, 3.63) is 20.8 Å². The summed E-state index contributed by atoms with van der Waals surface area (Å²) in [6.45, 7) is 6.94. The molecule has 0 saturated carbocycles. The van der Waals surface area contributed by atoms with E-state index in [9.17, 15) is 0 Å². The van der Waals surface area contributed by atoms with Crippen molar-refractivity contribution in [2.24, 2.45) is 0 Å². The highest BCUT2D eigenvalue weighted by atomic mass is 79.9. The van der Waals surface area contributed by atoms with Gasteiger partial charge in [0.1, 0.15) is 0 Å². The van der Waals surface area contributed by atoms with E-state index in [2.05, 4.69) is 57.6 Å². The molecule has 3 nitrogen and oxygen atoms in total. The molecule has 2 N–H and O–H groups in total. The maximum absolute atomic E-state index is 3.54. The molecule has 1 aliphatic rings. The standard InChI is InChI=1S/C13H22BrN3S/c1-10(17-7-5-16-6-8-17)9-11(15-2)12-3-4-13(14)18-12/h3-4,10-11,15-16H,5-9H2,1-2H3. The zero-order chi connectivity index (χ0) is 13.0. The van der Waals surface area contributed by atoms with E-state index >= 15 is 0 Å². The lowest BCUT2D eigenvalue weighted by molar-refractivity contribution is 0.167. The summed E-state index contributed by atoms with van der Waals surface area (Å²) < 4.78 is 1.22. The van der Waals surface area contributed by atoms with E-state index in [-0.39, 0.29) is 0 Å². The summed E-state index contributed by atoms with van der Waals surface area (Å²) >= 11 is 5.38. The van der Waals surface area contributed by atoms with Crippen LogP contribution in [-0.2, 0) is 0 Å². The summed E-state index contributed by atoms with van der Waals surface area (Å²) in [5.74, 6) is 0. The third-order valence-corrected chi connectivity index (χ3v) is 5.37. The van der Waals surface area contributed by atoms with Gasteiger partial charge < -0.3 is 10.6 Å². The predicted molar refractivity (Wildman–Crippen MR) is 82.3 cm³/mol. The van der Waals surface area contributed by atoms with Gasteiger partial charge in [-0.15, -0.1) is 11.3 Å². The third-order valence-electron chi connectivity index (χ3n) is 3.64. The van der Waals surface area contributed by atoms with Crippen LogP contribution in [0.1, 0.15) is 24.3 Å². The highest BCUT2D eigenvalue weighted by Crippen LogP contribution is 2.30. The Balaban J connectivity index is 1.93. The first-order valence-corrected chi connectivity index (χ1v) is 8.19. The number of nitrogens with one attached hydrogen (secondary N) is 2. The van der Waals surface area contributed by atoms with Gasteiger partial charge in [-0.05, 0) is 48.5 Å². The van der Waals surface area contributed by atoms with E-state index in [0.29, 0.717) is 12.1 Å². The summed E-state index contributed by atoms with van der Waals surface area (Å²) in [4.78, 5) is 4.01. The van der Waals surface area contributed by atoms with Crippen LogP contribution < -0.4 is 10.6 Å². The minimum atomic E-state index is 0.464. The molecule has 0 aliphatic carbocycles. The molecule has 0 bridgehead atoms. The monoisotopic (exact) mass is 331 g/mol. The van der Waals surface area contributed by atoms with E-state index in [0.717, 1.165) is 13.1 Å². The van der Waals surface area contributed by atoms with Crippen molar-refractivity contribution in [3.63, 3.8) is 0 Å². The van der Waals surface area contributed by atoms with Crippen molar-refractivity contribution in [1.82, 2.24) is 15.5 Å². The molecule has 2 atom stereocenters. The molecule has 2 heterocycles. The summed E-state index contributed by atoms with van der Waals surface area (Å²) in [5.41, 5.74) is 0. The Morgan fingerprint density at radius 2 is 2.17 bits per heavy atom. The van der Waals surface area contributed by atoms with Crippen molar-refractivity contribution in [2.45, 2.75) is 25.4 Å². The lowest BCUT2D eigenvalue weighted by atomic mass is 10.1. The molecule has 0 aromatic carbocycles. The van der Waals surface area contributed by atoms with Crippen LogP contribution in [-0.4, -0.2) is 44.2 Å². The molecule has 2 rings (SSSR count). The van der Waals surface area contributed by atoms with Gasteiger partial charge in [-0.1, -0.05) is 0 Å². The van der Waals surface area contributed by atoms with Gasteiger partial charge in [0.2, 0.25) is 0 Å². The van der Waals surface area contributed by atoms with Crippen LogP contribution in [0.15, 0.2) is 15.9 Å². The van der Waals surface area contributed by atoms with Crippen LogP contribution in [0.5, 0.6) is 0 Å². The van der Waals surface area contributed by atoms with Gasteiger partial charge in [0, 0.05) is 43.1 Å². The molecular weight excluding hydrogens is 310 g/mol. The molecule has 2 unspecified atom stereocenters. The smallest absolute Gasteiger partial charge is 0.0701 e. The summed E-state index contributed by atoms with van der Waals surface area (Å²) in [5, 5.41) is 6.86.